The lowest BCUT2D eigenvalue weighted by atomic mass is 9.81. The lowest BCUT2D eigenvalue weighted by molar-refractivity contribution is -0.144. The van der Waals surface area contributed by atoms with Gasteiger partial charge in [-0.05, 0) is 25.7 Å². The van der Waals surface area contributed by atoms with Crippen LogP contribution in [0.25, 0.3) is 0 Å². The van der Waals surface area contributed by atoms with Gasteiger partial charge in [-0.15, -0.1) is 0 Å². The minimum absolute atomic E-state index is 0.00345. The molecule has 104 valence electrons. The van der Waals surface area contributed by atoms with E-state index in [9.17, 15) is 18.0 Å². The molecule has 0 unspecified atom stereocenters. The Labute approximate surface area is 106 Å². The summed E-state index contributed by atoms with van der Waals surface area (Å²) in [7, 11) is -3.56. The van der Waals surface area contributed by atoms with Crippen molar-refractivity contribution in [2.24, 2.45) is 17.0 Å². The second-order valence-corrected chi connectivity index (χ2v) is 6.28. The van der Waals surface area contributed by atoms with Crippen molar-refractivity contribution >= 4 is 21.9 Å². The van der Waals surface area contributed by atoms with Gasteiger partial charge < -0.3 is 10.4 Å². The van der Waals surface area contributed by atoms with Gasteiger partial charge in [0.15, 0.2) is 0 Å². The van der Waals surface area contributed by atoms with Gasteiger partial charge in [0.05, 0.1) is 11.7 Å². The molecule has 7 nitrogen and oxygen atoms in total. The molecule has 1 rings (SSSR count). The van der Waals surface area contributed by atoms with Gasteiger partial charge in [-0.3, -0.25) is 9.59 Å². The summed E-state index contributed by atoms with van der Waals surface area (Å²) >= 11 is 0. The van der Waals surface area contributed by atoms with Crippen LogP contribution in [0.1, 0.15) is 25.7 Å². The summed E-state index contributed by atoms with van der Waals surface area (Å²) in [6.07, 6.45) is 2.03. The van der Waals surface area contributed by atoms with Crippen LogP contribution in [0.3, 0.4) is 0 Å². The van der Waals surface area contributed by atoms with Crippen molar-refractivity contribution in [3.8, 4) is 0 Å². The third kappa shape index (κ3) is 5.01. The van der Waals surface area contributed by atoms with E-state index in [-0.39, 0.29) is 30.0 Å². The lowest BCUT2D eigenvalue weighted by Crippen LogP contribution is -2.37. The third-order valence-corrected chi connectivity index (χ3v) is 3.91. The van der Waals surface area contributed by atoms with Crippen LogP contribution in [0.5, 0.6) is 0 Å². The number of carboxylic acid groups (broad SMARTS) is 1. The minimum atomic E-state index is -3.56. The molecule has 8 heteroatoms. The summed E-state index contributed by atoms with van der Waals surface area (Å²) < 4.78 is 21.3. The molecule has 0 aromatic rings. The average molecular weight is 278 g/mol. The summed E-state index contributed by atoms with van der Waals surface area (Å²) in [6.45, 7) is -0.00345. The molecule has 0 atom stereocenters. The Hall–Kier alpha value is -1.15. The number of carbonyl (C=O) groups is 2. The van der Waals surface area contributed by atoms with Crippen LogP contribution in [0, 0.1) is 11.8 Å². The molecule has 1 fully saturated rings. The van der Waals surface area contributed by atoms with Crippen LogP contribution in [-0.2, 0) is 19.6 Å². The Balaban J connectivity index is 2.30. The second-order valence-electron chi connectivity index (χ2n) is 4.54. The standard InChI is InChI=1S/C10H18N2O5S/c11-18(16,17)6-5-12-9(13)7-1-3-8(4-2-7)10(14)15/h7-8H,1-6H2,(H,12,13)(H,14,15)(H2,11,16,17). The first-order valence-corrected chi connectivity index (χ1v) is 7.52. The zero-order valence-electron chi connectivity index (χ0n) is 9.96. The van der Waals surface area contributed by atoms with Crippen molar-refractivity contribution in [2.45, 2.75) is 25.7 Å². The van der Waals surface area contributed by atoms with Gasteiger partial charge in [0, 0.05) is 12.5 Å². The summed E-state index contributed by atoms with van der Waals surface area (Å²) in [5, 5.41) is 16.1. The van der Waals surface area contributed by atoms with E-state index in [1.165, 1.54) is 0 Å². The van der Waals surface area contributed by atoms with E-state index in [1.807, 2.05) is 0 Å². The topological polar surface area (TPSA) is 127 Å². The molecule has 0 heterocycles. The zero-order chi connectivity index (χ0) is 13.8. The molecule has 0 saturated heterocycles. The molecule has 1 saturated carbocycles. The van der Waals surface area contributed by atoms with Gasteiger partial charge in [0.2, 0.25) is 15.9 Å². The highest BCUT2D eigenvalue weighted by atomic mass is 32.2. The largest absolute Gasteiger partial charge is 0.481 e. The van der Waals surface area contributed by atoms with Gasteiger partial charge in [-0.2, -0.15) is 0 Å². The highest BCUT2D eigenvalue weighted by Gasteiger charge is 2.29. The van der Waals surface area contributed by atoms with Crippen molar-refractivity contribution in [1.82, 2.24) is 5.32 Å². The van der Waals surface area contributed by atoms with Crippen molar-refractivity contribution in [2.75, 3.05) is 12.3 Å². The molecule has 1 aliphatic carbocycles. The van der Waals surface area contributed by atoms with Gasteiger partial charge in [0.1, 0.15) is 0 Å². The predicted octanol–water partition coefficient (Wildman–Crippen LogP) is -0.718. The van der Waals surface area contributed by atoms with Crippen molar-refractivity contribution in [3.63, 3.8) is 0 Å². The van der Waals surface area contributed by atoms with E-state index in [1.54, 1.807) is 0 Å². The average Bonchev–Trinajstić information content (AvgIpc) is 2.27. The number of nitrogens with one attached hydrogen (secondary N) is 1. The molecule has 0 aromatic carbocycles. The Morgan fingerprint density at radius 3 is 2.11 bits per heavy atom. The van der Waals surface area contributed by atoms with E-state index < -0.39 is 16.0 Å². The first-order valence-electron chi connectivity index (χ1n) is 5.80. The molecular weight excluding hydrogens is 260 g/mol. The maximum absolute atomic E-state index is 11.7. The fourth-order valence-electron chi connectivity index (χ4n) is 2.06. The molecule has 1 aliphatic rings. The van der Waals surface area contributed by atoms with E-state index in [0.29, 0.717) is 25.7 Å². The van der Waals surface area contributed by atoms with Gasteiger partial charge >= 0.3 is 5.97 Å². The molecular formula is C10H18N2O5S. The molecule has 1 amide bonds. The highest BCUT2D eigenvalue weighted by molar-refractivity contribution is 7.89. The van der Waals surface area contributed by atoms with Gasteiger partial charge in [-0.1, -0.05) is 0 Å². The number of aliphatic carboxylic acids is 1. The van der Waals surface area contributed by atoms with Crippen molar-refractivity contribution in [3.05, 3.63) is 0 Å². The minimum Gasteiger partial charge on any atom is -0.481 e. The van der Waals surface area contributed by atoms with Crippen molar-refractivity contribution < 1.29 is 23.1 Å². The molecule has 0 radical (unpaired) electrons. The van der Waals surface area contributed by atoms with Gasteiger partial charge in [0.25, 0.3) is 0 Å². The third-order valence-electron chi connectivity index (χ3n) is 3.13. The number of rotatable bonds is 5. The van der Waals surface area contributed by atoms with E-state index in [2.05, 4.69) is 5.32 Å². The SMILES string of the molecule is NS(=O)(=O)CCNC(=O)C1CCC(C(=O)O)CC1. The van der Waals surface area contributed by atoms with E-state index >= 15 is 0 Å². The Morgan fingerprint density at radius 1 is 1.17 bits per heavy atom. The maximum atomic E-state index is 11.7. The zero-order valence-corrected chi connectivity index (χ0v) is 10.8. The van der Waals surface area contributed by atoms with Crippen molar-refractivity contribution in [1.29, 1.82) is 0 Å². The predicted molar refractivity (Wildman–Crippen MR) is 64.1 cm³/mol. The summed E-state index contributed by atoms with van der Waals surface area (Å²) in [6, 6.07) is 0. The Bertz CT molecular complexity index is 412. The normalized spacial score (nSPS) is 24.5. The molecule has 0 aliphatic heterocycles. The first-order chi connectivity index (χ1) is 8.29. The van der Waals surface area contributed by atoms with Crippen LogP contribution in [0.4, 0.5) is 0 Å². The van der Waals surface area contributed by atoms with Crippen LogP contribution < -0.4 is 10.5 Å². The van der Waals surface area contributed by atoms with Crippen LogP contribution in [0.2, 0.25) is 0 Å². The number of carboxylic acids is 1. The smallest absolute Gasteiger partial charge is 0.306 e. The number of amides is 1. The molecule has 18 heavy (non-hydrogen) atoms. The molecule has 0 spiro atoms. The van der Waals surface area contributed by atoms with E-state index in [0.717, 1.165) is 0 Å². The quantitative estimate of drug-likeness (QED) is 0.612. The Kier molecular flexibility index (Phi) is 5.09. The number of sulfonamides is 1. The lowest BCUT2D eigenvalue weighted by Gasteiger charge is -2.25. The summed E-state index contributed by atoms with van der Waals surface area (Å²) in [5.74, 6) is -1.91. The van der Waals surface area contributed by atoms with Crippen LogP contribution >= 0.6 is 0 Å². The van der Waals surface area contributed by atoms with E-state index in [4.69, 9.17) is 10.2 Å². The number of hydrogen-bond acceptors (Lipinski definition) is 4. The number of carbonyl (C=O) groups excluding carboxylic acids is 1. The van der Waals surface area contributed by atoms with Gasteiger partial charge in [-0.25, -0.2) is 13.6 Å². The summed E-state index contributed by atoms with van der Waals surface area (Å²) in [4.78, 5) is 22.4. The maximum Gasteiger partial charge on any atom is 0.306 e. The van der Waals surface area contributed by atoms with Crippen LogP contribution in [0.15, 0.2) is 0 Å². The molecule has 0 bridgehead atoms. The Morgan fingerprint density at radius 2 is 1.67 bits per heavy atom. The number of primary sulfonamides is 1. The monoisotopic (exact) mass is 278 g/mol. The number of hydrogen-bond donors (Lipinski definition) is 3. The molecule has 4 N–H and O–H groups in total. The fraction of sp³-hybridized carbons (Fsp3) is 0.800. The van der Waals surface area contributed by atoms with Crippen LogP contribution in [-0.4, -0.2) is 37.7 Å². The summed E-state index contributed by atoms with van der Waals surface area (Å²) in [5.41, 5.74) is 0. The fourth-order valence-corrected chi connectivity index (χ4v) is 2.45. The first kappa shape index (κ1) is 14.9. The molecule has 0 aromatic heterocycles. The highest BCUT2D eigenvalue weighted by Crippen LogP contribution is 2.28. The number of nitrogens with two attached hydrogens (primary N) is 1. The second kappa shape index (κ2) is 6.14.